The van der Waals surface area contributed by atoms with Crippen molar-refractivity contribution in [1.29, 1.82) is 0 Å². The number of aldehydes is 1. The third-order valence-corrected chi connectivity index (χ3v) is 1.51. The molecule has 0 saturated carbocycles. The Morgan fingerprint density at radius 1 is 1.73 bits per heavy atom. The Hall–Kier alpha value is -0.450. The summed E-state index contributed by atoms with van der Waals surface area (Å²) in [5, 5.41) is 0. The van der Waals surface area contributed by atoms with Gasteiger partial charge in [-0.15, -0.1) is 0 Å². The molecule has 2 unspecified atom stereocenters. The van der Waals surface area contributed by atoms with E-state index in [9.17, 15) is 4.79 Å². The van der Waals surface area contributed by atoms with Gasteiger partial charge in [0.2, 0.25) is 6.29 Å². The van der Waals surface area contributed by atoms with Crippen LogP contribution in [-0.2, 0) is 19.0 Å². The molecule has 0 aromatic carbocycles. The molecule has 4 nitrogen and oxygen atoms in total. The van der Waals surface area contributed by atoms with Gasteiger partial charge in [0, 0.05) is 7.11 Å². The fourth-order valence-corrected chi connectivity index (χ4v) is 0.993. The van der Waals surface area contributed by atoms with Crippen molar-refractivity contribution in [2.75, 3.05) is 20.3 Å². The molecule has 0 aromatic rings. The van der Waals surface area contributed by atoms with E-state index in [1.165, 1.54) is 0 Å². The van der Waals surface area contributed by atoms with Gasteiger partial charge in [0.05, 0.1) is 19.3 Å². The zero-order valence-electron chi connectivity index (χ0n) is 6.49. The predicted octanol–water partition coefficient (Wildman–Crippen LogP) is -0.0367. The molecular formula is C7H12O4. The molecule has 0 aromatic heterocycles. The average Bonchev–Trinajstić information content (AvgIpc) is 2.06. The van der Waals surface area contributed by atoms with Crippen molar-refractivity contribution in [3.63, 3.8) is 0 Å². The van der Waals surface area contributed by atoms with Gasteiger partial charge in [0.15, 0.2) is 6.29 Å². The van der Waals surface area contributed by atoms with Crippen molar-refractivity contribution in [3.8, 4) is 0 Å². The first-order valence-corrected chi connectivity index (χ1v) is 3.58. The van der Waals surface area contributed by atoms with E-state index in [0.29, 0.717) is 19.5 Å². The van der Waals surface area contributed by atoms with Gasteiger partial charge in [-0.2, -0.15) is 0 Å². The van der Waals surface area contributed by atoms with E-state index >= 15 is 0 Å². The van der Waals surface area contributed by atoms with E-state index < -0.39 is 6.29 Å². The van der Waals surface area contributed by atoms with Gasteiger partial charge in [-0.05, 0) is 6.42 Å². The molecule has 11 heavy (non-hydrogen) atoms. The molecule has 1 fully saturated rings. The molecule has 1 saturated heterocycles. The van der Waals surface area contributed by atoms with E-state index in [0.717, 1.165) is 6.42 Å². The van der Waals surface area contributed by atoms with Crippen molar-refractivity contribution >= 4 is 6.29 Å². The molecule has 0 bridgehead atoms. The molecule has 0 spiro atoms. The van der Waals surface area contributed by atoms with Crippen molar-refractivity contribution in [3.05, 3.63) is 0 Å². The van der Waals surface area contributed by atoms with Crippen LogP contribution in [0.4, 0.5) is 0 Å². The van der Waals surface area contributed by atoms with Crippen LogP contribution < -0.4 is 0 Å². The largest absolute Gasteiger partial charge is 0.382 e. The van der Waals surface area contributed by atoms with Gasteiger partial charge in [-0.1, -0.05) is 0 Å². The Labute approximate surface area is 65.4 Å². The van der Waals surface area contributed by atoms with Crippen LogP contribution in [0.3, 0.4) is 0 Å². The predicted molar refractivity (Wildman–Crippen MR) is 37.2 cm³/mol. The molecule has 2 atom stereocenters. The van der Waals surface area contributed by atoms with Crippen LogP contribution in [-0.4, -0.2) is 39.0 Å². The molecular weight excluding hydrogens is 148 g/mol. The molecule has 0 amide bonds. The zero-order chi connectivity index (χ0) is 8.10. The molecule has 0 aliphatic carbocycles. The highest BCUT2D eigenvalue weighted by atomic mass is 16.7. The highest BCUT2D eigenvalue weighted by Crippen LogP contribution is 2.10. The molecule has 64 valence electrons. The van der Waals surface area contributed by atoms with E-state index in [1.54, 1.807) is 7.11 Å². The quantitative estimate of drug-likeness (QED) is 0.543. The van der Waals surface area contributed by atoms with Gasteiger partial charge in [0.1, 0.15) is 0 Å². The lowest BCUT2D eigenvalue weighted by molar-refractivity contribution is -0.209. The normalized spacial score (nSPS) is 31.7. The van der Waals surface area contributed by atoms with Crippen LogP contribution in [0, 0.1) is 0 Å². The Morgan fingerprint density at radius 3 is 3.18 bits per heavy atom. The van der Waals surface area contributed by atoms with Gasteiger partial charge < -0.3 is 14.2 Å². The van der Waals surface area contributed by atoms with Crippen molar-refractivity contribution < 1.29 is 19.0 Å². The van der Waals surface area contributed by atoms with Gasteiger partial charge in [0.25, 0.3) is 0 Å². The molecule has 1 rings (SSSR count). The first-order chi connectivity index (χ1) is 5.36. The first kappa shape index (κ1) is 8.64. The maximum absolute atomic E-state index is 10.2. The summed E-state index contributed by atoms with van der Waals surface area (Å²) in [6, 6.07) is 0. The number of methoxy groups -OCH3 is 1. The number of hydrogen-bond donors (Lipinski definition) is 0. The molecule has 1 aliphatic heterocycles. The maximum Gasteiger partial charge on any atom is 0.215 e. The lowest BCUT2D eigenvalue weighted by Crippen LogP contribution is -2.35. The van der Waals surface area contributed by atoms with Gasteiger partial charge in [-0.3, -0.25) is 4.79 Å². The third kappa shape index (κ3) is 2.57. The molecule has 4 heteroatoms. The number of carbonyl (C=O) groups excluding carboxylic acids is 1. The highest BCUT2D eigenvalue weighted by molar-refractivity contribution is 5.53. The third-order valence-electron chi connectivity index (χ3n) is 1.51. The molecule has 1 heterocycles. The van der Waals surface area contributed by atoms with Gasteiger partial charge >= 0.3 is 0 Å². The second kappa shape index (κ2) is 4.43. The van der Waals surface area contributed by atoms with E-state index in [1.807, 2.05) is 0 Å². The second-order valence-corrected chi connectivity index (χ2v) is 2.38. The molecule has 1 aliphatic rings. The van der Waals surface area contributed by atoms with Crippen molar-refractivity contribution in [2.24, 2.45) is 0 Å². The van der Waals surface area contributed by atoms with E-state index in [2.05, 4.69) is 0 Å². The number of carbonyl (C=O) groups is 1. The Balaban J connectivity index is 2.27. The fourth-order valence-electron chi connectivity index (χ4n) is 0.993. The van der Waals surface area contributed by atoms with Crippen molar-refractivity contribution in [1.82, 2.24) is 0 Å². The standard InChI is InChI=1S/C7H12O4/c1-9-5-6-2-3-10-7(4-8)11-6/h4,6-7H,2-3,5H2,1H3. The maximum atomic E-state index is 10.2. The molecule has 0 radical (unpaired) electrons. The first-order valence-electron chi connectivity index (χ1n) is 3.58. The minimum absolute atomic E-state index is 0.00366. The Morgan fingerprint density at radius 2 is 2.55 bits per heavy atom. The lowest BCUT2D eigenvalue weighted by Gasteiger charge is -2.26. The lowest BCUT2D eigenvalue weighted by atomic mass is 10.2. The summed E-state index contributed by atoms with van der Waals surface area (Å²) in [7, 11) is 1.61. The Kier molecular flexibility index (Phi) is 3.48. The number of ether oxygens (including phenoxy) is 3. The summed E-state index contributed by atoms with van der Waals surface area (Å²) in [5.74, 6) is 0. The van der Waals surface area contributed by atoms with Crippen LogP contribution >= 0.6 is 0 Å². The average molecular weight is 160 g/mol. The van der Waals surface area contributed by atoms with Crippen LogP contribution in [0.15, 0.2) is 0 Å². The summed E-state index contributed by atoms with van der Waals surface area (Å²) in [5.41, 5.74) is 0. The van der Waals surface area contributed by atoms with Crippen LogP contribution in [0.2, 0.25) is 0 Å². The number of rotatable bonds is 3. The SMILES string of the molecule is COCC1CCOC(C=O)O1. The summed E-state index contributed by atoms with van der Waals surface area (Å²) < 4.78 is 15.0. The minimum Gasteiger partial charge on any atom is -0.382 e. The second-order valence-electron chi connectivity index (χ2n) is 2.38. The summed E-state index contributed by atoms with van der Waals surface area (Å²) in [6.45, 7) is 1.09. The van der Waals surface area contributed by atoms with Crippen LogP contribution in [0.1, 0.15) is 6.42 Å². The van der Waals surface area contributed by atoms with Crippen molar-refractivity contribution in [2.45, 2.75) is 18.8 Å². The van der Waals surface area contributed by atoms with Gasteiger partial charge in [-0.25, -0.2) is 0 Å². The van der Waals surface area contributed by atoms with Crippen LogP contribution in [0.25, 0.3) is 0 Å². The van der Waals surface area contributed by atoms with E-state index in [4.69, 9.17) is 14.2 Å². The monoisotopic (exact) mass is 160 g/mol. The minimum atomic E-state index is -0.691. The topological polar surface area (TPSA) is 44.8 Å². The molecule has 0 N–H and O–H groups in total. The fraction of sp³-hybridized carbons (Fsp3) is 0.857. The smallest absolute Gasteiger partial charge is 0.215 e. The summed E-state index contributed by atoms with van der Waals surface area (Å²) in [4.78, 5) is 10.2. The van der Waals surface area contributed by atoms with E-state index in [-0.39, 0.29) is 6.10 Å². The summed E-state index contributed by atoms with van der Waals surface area (Å²) in [6.07, 6.45) is 0.757. The zero-order valence-corrected chi connectivity index (χ0v) is 6.49. The highest BCUT2D eigenvalue weighted by Gasteiger charge is 2.21. The van der Waals surface area contributed by atoms with Crippen LogP contribution in [0.5, 0.6) is 0 Å². The number of hydrogen-bond acceptors (Lipinski definition) is 4. The summed E-state index contributed by atoms with van der Waals surface area (Å²) >= 11 is 0. The Bertz CT molecular complexity index is 124.